The second kappa shape index (κ2) is 10.6. The zero-order chi connectivity index (χ0) is 21.4. The first-order valence-electron chi connectivity index (χ1n) is 9.92. The second-order valence-electron chi connectivity index (χ2n) is 7.26. The van der Waals surface area contributed by atoms with Gasteiger partial charge in [-0.2, -0.15) is 13.2 Å². The van der Waals surface area contributed by atoms with Crippen LogP contribution in [0.3, 0.4) is 0 Å². The van der Waals surface area contributed by atoms with Gasteiger partial charge in [0.05, 0.1) is 18.2 Å². The quantitative estimate of drug-likeness (QED) is 0.642. The number of carbonyl (C=O) groups is 2. The molecule has 1 aromatic carbocycles. The Balaban J connectivity index is 1.77. The van der Waals surface area contributed by atoms with Gasteiger partial charge >= 0.3 is 6.18 Å². The molecule has 0 radical (unpaired) electrons. The van der Waals surface area contributed by atoms with Crippen molar-refractivity contribution in [2.75, 3.05) is 44.6 Å². The average molecular weight is 414 g/mol. The van der Waals surface area contributed by atoms with Gasteiger partial charge in [-0.05, 0) is 37.6 Å². The first-order valence-corrected chi connectivity index (χ1v) is 9.92. The zero-order valence-electron chi connectivity index (χ0n) is 16.9. The molecule has 1 fully saturated rings. The van der Waals surface area contributed by atoms with Crippen LogP contribution < -0.4 is 10.6 Å². The molecule has 2 amide bonds. The summed E-state index contributed by atoms with van der Waals surface area (Å²) in [6.45, 7) is 7.53. The van der Waals surface area contributed by atoms with E-state index < -0.39 is 17.8 Å². The monoisotopic (exact) mass is 414 g/mol. The number of rotatable bonds is 8. The maximum Gasteiger partial charge on any atom is 0.416 e. The Bertz CT molecular complexity index is 671. The summed E-state index contributed by atoms with van der Waals surface area (Å²) in [5.74, 6) is -0.254. The highest BCUT2D eigenvalue weighted by atomic mass is 19.4. The van der Waals surface area contributed by atoms with Crippen LogP contribution in [0.1, 0.15) is 32.3 Å². The van der Waals surface area contributed by atoms with Crippen LogP contribution in [0.2, 0.25) is 0 Å². The first kappa shape index (κ1) is 23.2. The predicted octanol–water partition coefficient (Wildman–Crippen LogP) is 2.57. The lowest BCUT2D eigenvalue weighted by Gasteiger charge is -2.37. The number of halogens is 3. The van der Waals surface area contributed by atoms with Gasteiger partial charge in [-0.1, -0.05) is 13.3 Å². The fourth-order valence-electron chi connectivity index (χ4n) is 3.13. The summed E-state index contributed by atoms with van der Waals surface area (Å²) in [5.41, 5.74) is -0.421. The molecule has 6 nitrogen and oxygen atoms in total. The van der Waals surface area contributed by atoms with E-state index in [-0.39, 0.29) is 11.8 Å². The molecule has 2 N–H and O–H groups in total. The highest BCUT2D eigenvalue weighted by Crippen LogP contribution is 2.29. The molecule has 1 aliphatic heterocycles. The average Bonchev–Trinajstić information content (AvgIpc) is 2.68. The van der Waals surface area contributed by atoms with E-state index in [9.17, 15) is 22.8 Å². The number of benzene rings is 1. The van der Waals surface area contributed by atoms with Crippen molar-refractivity contribution in [1.29, 1.82) is 0 Å². The maximum absolute atomic E-state index is 12.6. The summed E-state index contributed by atoms with van der Waals surface area (Å²) >= 11 is 0. The van der Waals surface area contributed by atoms with Crippen LogP contribution in [0, 0.1) is 0 Å². The Hall–Kier alpha value is -2.13. The number of alkyl halides is 3. The third-order valence-corrected chi connectivity index (χ3v) is 5.03. The van der Waals surface area contributed by atoms with Crippen LogP contribution in [0.25, 0.3) is 0 Å². The topological polar surface area (TPSA) is 64.7 Å². The number of unbranched alkanes of at least 4 members (excludes halogenated alkanes) is 1. The van der Waals surface area contributed by atoms with Crippen LogP contribution >= 0.6 is 0 Å². The largest absolute Gasteiger partial charge is 0.416 e. The summed E-state index contributed by atoms with van der Waals surface area (Å²) < 4.78 is 37.9. The molecule has 0 aliphatic carbocycles. The molecule has 0 spiro atoms. The maximum atomic E-state index is 12.6. The molecular formula is C20H29F3N4O2. The Labute approximate surface area is 169 Å². The van der Waals surface area contributed by atoms with Gasteiger partial charge in [0, 0.05) is 38.4 Å². The van der Waals surface area contributed by atoms with Crippen LogP contribution in [0.4, 0.5) is 18.9 Å². The molecular weight excluding hydrogens is 385 g/mol. The number of hydrogen-bond acceptors (Lipinski definition) is 4. The summed E-state index contributed by atoms with van der Waals surface area (Å²) in [5, 5.41) is 5.56. The SMILES string of the molecule is CCCCNC(=O)CN1CCN([C@@H](C)C(=O)Nc2ccc(C(F)(F)F)cc2)CC1. The zero-order valence-corrected chi connectivity index (χ0v) is 16.9. The van der Waals surface area contributed by atoms with Gasteiger partial charge in [0.15, 0.2) is 0 Å². The normalized spacial score (nSPS) is 17.0. The molecule has 1 atom stereocenters. The molecule has 0 saturated carbocycles. The lowest BCUT2D eigenvalue weighted by Crippen LogP contribution is -2.54. The highest BCUT2D eigenvalue weighted by molar-refractivity contribution is 5.94. The summed E-state index contributed by atoms with van der Waals surface area (Å²) in [6, 6.07) is 3.98. The van der Waals surface area contributed by atoms with E-state index >= 15 is 0 Å². The molecule has 0 unspecified atom stereocenters. The van der Waals surface area contributed by atoms with Crippen molar-refractivity contribution >= 4 is 17.5 Å². The minimum absolute atomic E-state index is 0.0139. The second-order valence-corrected chi connectivity index (χ2v) is 7.26. The van der Waals surface area contributed by atoms with E-state index in [0.717, 1.165) is 25.0 Å². The Morgan fingerprint density at radius 2 is 1.72 bits per heavy atom. The Morgan fingerprint density at radius 1 is 1.10 bits per heavy atom. The van der Waals surface area contributed by atoms with Crippen molar-refractivity contribution in [2.24, 2.45) is 0 Å². The van der Waals surface area contributed by atoms with Gasteiger partial charge in [-0.3, -0.25) is 19.4 Å². The van der Waals surface area contributed by atoms with E-state index in [1.807, 2.05) is 4.90 Å². The minimum Gasteiger partial charge on any atom is -0.355 e. The number of piperazine rings is 1. The van der Waals surface area contributed by atoms with Gasteiger partial charge in [0.25, 0.3) is 0 Å². The molecule has 29 heavy (non-hydrogen) atoms. The van der Waals surface area contributed by atoms with Crippen molar-refractivity contribution in [3.05, 3.63) is 29.8 Å². The number of amides is 2. The van der Waals surface area contributed by atoms with Crippen LogP contribution in [0.5, 0.6) is 0 Å². The number of anilines is 1. The highest BCUT2D eigenvalue weighted by Gasteiger charge is 2.30. The summed E-state index contributed by atoms with van der Waals surface area (Å²) in [4.78, 5) is 28.4. The fraction of sp³-hybridized carbons (Fsp3) is 0.600. The van der Waals surface area contributed by atoms with E-state index in [1.165, 1.54) is 12.1 Å². The molecule has 2 rings (SSSR count). The number of nitrogens with zero attached hydrogens (tertiary/aromatic N) is 2. The molecule has 1 saturated heterocycles. The van der Waals surface area contributed by atoms with Gasteiger partial charge in [-0.15, -0.1) is 0 Å². The number of hydrogen-bond donors (Lipinski definition) is 2. The molecule has 0 bridgehead atoms. The van der Waals surface area contributed by atoms with Crippen LogP contribution in [-0.2, 0) is 15.8 Å². The lowest BCUT2D eigenvalue weighted by molar-refractivity contribution is -0.137. The van der Waals surface area contributed by atoms with Crippen molar-refractivity contribution in [1.82, 2.24) is 15.1 Å². The van der Waals surface area contributed by atoms with Gasteiger partial charge in [0.1, 0.15) is 0 Å². The third-order valence-electron chi connectivity index (χ3n) is 5.03. The van der Waals surface area contributed by atoms with Crippen LogP contribution in [-0.4, -0.2) is 66.9 Å². The van der Waals surface area contributed by atoms with Crippen molar-refractivity contribution < 1.29 is 22.8 Å². The Kier molecular flexibility index (Phi) is 8.45. The van der Waals surface area contributed by atoms with E-state index in [4.69, 9.17) is 0 Å². The first-order chi connectivity index (χ1) is 13.7. The van der Waals surface area contributed by atoms with Gasteiger partial charge in [-0.25, -0.2) is 0 Å². The van der Waals surface area contributed by atoms with E-state index in [1.54, 1.807) is 6.92 Å². The number of carbonyl (C=O) groups excluding carboxylic acids is 2. The van der Waals surface area contributed by atoms with Crippen molar-refractivity contribution in [2.45, 2.75) is 38.9 Å². The van der Waals surface area contributed by atoms with E-state index in [0.29, 0.717) is 45.0 Å². The van der Waals surface area contributed by atoms with Gasteiger partial charge < -0.3 is 10.6 Å². The lowest BCUT2D eigenvalue weighted by atomic mass is 10.1. The number of nitrogens with one attached hydrogen (secondary N) is 2. The molecule has 1 aromatic rings. The Morgan fingerprint density at radius 3 is 2.28 bits per heavy atom. The molecule has 9 heteroatoms. The predicted molar refractivity (Wildman–Crippen MR) is 105 cm³/mol. The van der Waals surface area contributed by atoms with Crippen molar-refractivity contribution in [3.63, 3.8) is 0 Å². The standard InChI is InChI=1S/C20H29F3N4O2/c1-3-4-9-24-18(28)14-26-10-12-27(13-11-26)15(2)19(29)25-17-7-5-16(6-8-17)20(21,22)23/h5-8,15H,3-4,9-14H2,1-2H3,(H,24,28)(H,25,29)/t15-/m0/s1. The molecule has 1 heterocycles. The van der Waals surface area contributed by atoms with E-state index in [2.05, 4.69) is 22.5 Å². The smallest absolute Gasteiger partial charge is 0.355 e. The fourth-order valence-corrected chi connectivity index (χ4v) is 3.13. The van der Waals surface area contributed by atoms with Crippen LogP contribution in [0.15, 0.2) is 24.3 Å². The summed E-state index contributed by atoms with van der Waals surface area (Å²) in [7, 11) is 0. The molecule has 1 aliphatic rings. The molecule has 0 aromatic heterocycles. The minimum atomic E-state index is -4.40. The third kappa shape index (κ3) is 7.32. The van der Waals surface area contributed by atoms with Crippen molar-refractivity contribution in [3.8, 4) is 0 Å². The van der Waals surface area contributed by atoms with Gasteiger partial charge in [0.2, 0.25) is 11.8 Å². The molecule has 162 valence electrons. The summed E-state index contributed by atoms with van der Waals surface area (Å²) in [6.07, 6.45) is -2.40.